The maximum absolute atomic E-state index is 12.3. The van der Waals surface area contributed by atoms with Crippen LogP contribution in [-0.4, -0.2) is 52.0 Å². The number of fused-ring (bicyclic) bond motifs is 1. The summed E-state index contributed by atoms with van der Waals surface area (Å²) in [7, 11) is 1.84. The third-order valence-corrected chi connectivity index (χ3v) is 4.84. The van der Waals surface area contributed by atoms with E-state index in [1.54, 1.807) is 10.7 Å². The molecule has 0 bridgehead atoms. The van der Waals surface area contributed by atoms with Gasteiger partial charge < -0.3 is 5.32 Å². The van der Waals surface area contributed by atoms with Crippen molar-refractivity contribution in [3.63, 3.8) is 0 Å². The van der Waals surface area contributed by atoms with Crippen LogP contribution in [0.25, 0.3) is 11.0 Å². The van der Waals surface area contributed by atoms with Crippen LogP contribution in [-0.2, 0) is 7.05 Å². The minimum absolute atomic E-state index is 0.0597. The van der Waals surface area contributed by atoms with Crippen molar-refractivity contribution >= 4 is 16.9 Å². The molecule has 0 saturated carbocycles. The fourth-order valence-electron chi connectivity index (χ4n) is 3.21. The lowest BCUT2D eigenvalue weighted by molar-refractivity contribution is 0.0949. The van der Waals surface area contributed by atoms with Gasteiger partial charge in [0.25, 0.3) is 5.91 Å². The number of nitrogens with one attached hydrogen (secondary N) is 1. The Morgan fingerprint density at radius 1 is 1.32 bits per heavy atom. The van der Waals surface area contributed by atoms with Gasteiger partial charge in [-0.1, -0.05) is 37.6 Å². The van der Waals surface area contributed by atoms with Gasteiger partial charge in [-0.2, -0.15) is 0 Å². The summed E-state index contributed by atoms with van der Waals surface area (Å²) in [6.45, 7) is 10.3. The summed E-state index contributed by atoms with van der Waals surface area (Å²) in [6.07, 6.45) is 3.45. The summed E-state index contributed by atoms with van der Waals surface area (Å²) in [5, 5.41) is 11.0. The van der Waals surface area contributed by atoms with Crippen LogP contribution in [0.5, 0.6) is 0 Å². The average Bonchev–Trinajstić information content (AvgIpc) is 2.95. The van der Waals surface area contributed by atoms with Crippen LogP contribution >= 0.6 is 0 Å². The predicted octanol–water partition coefficient (Wildman–Crippen LogP) is 2.38. The lowest BCUT2D eigenvalue weighted by Gasteiger charge is -2.32. The Hall–Kier alpha value is -2.21. The number of benzene rings is 1. The molecule has 2 heterocycles. The van der Waals surface area contributed by atoms with Crippen molar-refractivity contribution in [1.29, 1.82) is 0 Å². The Morgan fingerprint density at radius 2 is 2.12 bits per heavy atom. The average molecular weight is 341 g/mol. The first kappa shape index (κ1) is 17.6. The second-order valence-electron chi connectivity index (χ2n) is 7.70. The molecule has 6 nitrogen and oxygen atoms in total. The van der Waals surface area contributed by atoms with E-state index in [1.165, 1.54) is 5.57 Å². The van der Waals surface area contributed by atoms with Crippen LogP contribution in [0.2, 0.25) is 0 Å². The number of nitrogens with zero attached hydrogens (tertiary/aromatic N) is 4. The molecule has 1 aliphatic rings. The van der Waals surface area contributed by atoms with Gasteiger partial charge >= 0.3 is 0 Å². The topological polar surface area (TPSA) is 63.1 Å². The fraction of sp³-hybridized carbons (Fsp3) is 0.526. The van der Waals surface area contributed by atoms with Gasteiger partial charge in [-0.3, -0.25) is 9.69 Å². The molecule has 1 N–H and O–H groups in total. The van der Waals surface area contributed by atoms with Gasteiger partial charge in [0.15, 0.2) is 0 Å². The Labute approximate surface area is 148 Å². The van der Waals surface area contributed by atoms with E-state index >= 15 is 0 Å². The Bertz CT molecular complexity index is 800. The quantitative estimate of drug-likeness (QED) is 0.867. The minimum Gasteiger partial charge on any atom is -0.351 e. The lowest BCUT2D eigenvalue weighted by Crippen LogP contribution is -2.38. The maximum atomic E-state index is 12.3. The van der Waals surface area contributed by atoms with Crippen LogP contribution in [0, 0.1) is 5.41 Å². The van der Waals surface area contributed by atoms with Gasteiger partial charge in [-0.05, 0) is 30.0 Å². The van der Waals surface area contributed by atoms with E-state index in [1.807, 2.05) is 19.2 Å². The van der Waals surface area contributed by atoms with Crippen LogP contribution in [0.3, 0.4) is 0 Å². The van der Waals surface area contributed by atoms with Crippen LogP contribution in [0.15, 0.2) is 29.8 Å². The summed E-state index contributed by atoms with van der Waals surface area (Å²) in [5.74, 6) is -0.0597. The first-order valence-corrected chi connectivity index (χ1v) is 8.84. The summed E-state index contributed by atoms with van der Waals surface area (Å²) in [6, 6.07) is 5.49. The highest BCUT2D eigenvalue weighted by Crippen LogP contribution is 2.29. The largest absolute Gasteiger partial charge is 0.351 e. The number of hydrogen-bond acceptors (Lipinski definition) is 4. The molecule has 134 valence electrons. The van der Waals surface area contributed by atoms with Crippen molar-refractivity contribution in [1.82, 2.24) is 25.2 Å². The molecule has 2 aromatic rings. The Kier molecular flexibility index (Phi) is 4.90. The number of amides is 1. The number of hydrogen-bond donors (Lipinski definition) is 1. The molecular formula is C19H27N5O. The number of carbonyl (C=O) groups is 1. The summed E-state index contributed by atoms with van der Waals surface area (Å²) < 4.78 is 1.70. The molecule has 0 saturated heterocycles. The van der Waals surface area contributed by atoms with Crippen molar-refractivity contribution in [2.45, 2.75) is 27.2 Å². The molecule has 0 unspecified atom stereocenters. The zero-order chi connectivity index (χ0) is 18.0. The normalized spacial score (nSPS) is 16.1. The summed E-state index contributed by atoms with van der Waals surface area (Å²) in [4.78, 5) is 14.7. The number of aromatic nitrogens is 3. The number of carbonyl (C=O) groups excluding carboxylic acids is 1. The monoisotopic (exact) mass is 341 g/mol. The lowest BCUT2D eigenvalue weighted by atomic mass is 9.83. The molecule has 0 radical (unpaired) electrons. The van der Waals surface area contributed by atoms with Crippen molar-refractivity contribution in [3.05, 3.63) is 35.4 Å². The highest BCUT2D eigenvalue weighted by atomic mass is 16.1. The molecular weight excluding hydrogens is 314 g/mol. The second kappa shape index (κ2) is 6.96. The maximum Gasteiger partial charge on any atom is 0.251 e. The van der Waals surface area contributed by atoms with Crippen molar-refractivity contribution in [2.24, 2.45) is 12.5 Å². The molecule has 0 spiro atoms. The standard InChI is InChI=1S/C19H27N5O/c1-19(2,3)15-7-10-24(11-8-15)12-9-20-18(25)14-5-6-17-16(13-14)21-22-23(17)4/h5-7,13H,8-12H2,1-4H3,(H,20,25). The van der Waals surface area contributed by atoms with Gasteiger partial charge in [0.1, 0.15) is 5.52 Å². The molecule has 25 heavy (non-hydrogen) atoms. The van der Waals surface area contributed by atoms with Gasteiger partial charge in [-0.15, -0.1) is 5.10 Å². The van der Waals surface area contributed by atoms with Crippen molar-refractivity contribution < 1.29 is 4.79 Å². The minimum atomic E-state index is -0.0597. The van der Waals surface area contributed by atoms with E-state index in [4.69, 9.17) is 0 Å². The van der Waals surface area contributed by atoms with E-state index in [2.05, 4.69) is 47.4 Å². The SMILES string of the molecule is Cn1nnc2cc(C(=O)NCCN3CC=C(C(C)(C)C)CC3)ccc21. The van der Waals surface area contributed by atoms with Crippen LogP contribution in [0.1, 0.15) is 37.6 Å². The molecule has 0 atom stereocenters. The number of aryl methyl sites for hydroxylation is 1. The molecule has 1 aromatic carbocycles. The molecule has 1 aromatic heterocycles. The summed E-state index contributed by atoms with van der Waals surface area (Å²) in [5.41, 5.74) is 4.09. The Balaban J connectivity index is 1.50. The van der Waals surface area contributed by atoms with E-state index < -0.39 is 0 Å². The second-order valence-corrected chi connectivity index (χ2v) is 7.70. The molecule has 1 amide bonds. The van der Waals surface area contributed by atoms with Crippen LogP contribution < -0.4 is 5.32 Å². The molecule has 1 aliphatic heterocycles. The zero-order valence-corrected chi connectivity index (χ0v) is 15.5. The zero-order valence-electron chi connectivity index (χ0n) is 15.5. The third kappa shape index (κ3) is 4.07. The van der Waals surface area contributed by atoms with E-state index in [0.29, 0.717) is 12.1 Å². The molecule has 3 rings (SSSR count). The first-order valence-electron chi connectivity index (χ1n) is 8.84. The fourth-order valence-corrected chi connectivity index (χ4v) is 3.21. The van der Waals surface area contributed by atoms with Gasteiger partial charge in [-0.25, -0.2) is 4.68 Å². The molecule has 6 heteroatoms. The summed E-state index contributed by atoms with van der Waals surface area (Å²) >= 11 is 0. The van der Waals surface area contributed by atoms with Gasteiger partial charge in [0.05, 0.1) is 5.52 Å². The van der Waals surface area contributed by atoms with Crippen LogP contribution in [0.4, 0.5) is 0 Å². The smallest absolute Gasteiger partial charge is 0.251 e. The van der Waals surface area contributed by atoms with Crippen molar-refractivity contribution in [3.8, 4) is 0 Å². The first-order chi connectivity index (χ1) is 11.8. The predicted molar refractivity (Wildman–Crippen MR) is 99.4 cm³/mol. The molecule has 0 aliphatic carbocycles. The van der Waals surface area contributed by atoms with E-state index in [9.17, 15) is 4.79 Å². The van der Waals surface area contributed by atoms with E-state index in [0.717, 1.165) is 37.1 Å². The Morgan fingerprint density at radius 3 is 2.80 bits per heavy atom. The highest BCUT2D eigenvalue weighted by Gasteiger charge is 2.21. The van der Waals surface area contributed by atoms with Gasteiger partial charge in [0, 0.05) is 38.8 Å². The van der Waals surface area contributed by atoms with E-state index in [-0.39, 0.29) is 11.3 Å². The number of rotatable bonds is 4. The van der Waals surface area contributed by atoms with Crippen molar-refractivity contribution in [2.75, 3.05) is 26.2 Å². The molecule has 0 fully saturated rings. The third-order valence-electron chi connectivity index (χ3n) is 4.84. The highest BCUT2D eigenvalue weighted by molar-refractivity contribution is 5.97. The van der Waals surface area contributed by atoms with Gasteiger partial charge in [0.2, 0.25) is 0 Å².